The topological polar surface area (TPSA) is 109 Å². The molecule has 1 aromatic rings. The number of hydrogen-bond donors (Lipinski definition) is 4. The Kier molecular flexibility index (Phi) is 5.94. The molecule has 0 spiro atoms. The van der Waals surface area contributed by atoms with Gasteiger partial charge >= 0.3 is 0 Å². The van der Waals surface area contributed by atoms with E-state index in [2.05, 4.69) is 16.1 Å². The van der Waals surface area contributed by atoms with E-state index in [0.29, 0.717) is 49.3 Å². The first-order valence-corrected chi connectivity index (χ1v) is 10.8. The summed E-state index contributed by atoms with van der Waals surface area (Å²) in [7, 11) is 0. The number of fused-ring (bicyclic) bond motifs is 3. The van der Waals surface area contributed by atoms with Crippen LogP contribution in [-0.2, 0) is 14.4 Å². The Morgan fingerprint density at radius 1 is 1.23 bits per heavy atom. The maximum absolute atomic E-state index is 12.6. The average molecular weight is 438 g/mol. The fourth-order valence-corrected chi connectivity index (χ4v) is 4.90. The second kappa shape index (κ2) is 8.34. The van der Waals surface area contributed by atoms with Crippen molar-refractivity contribution in [1.82, 2.24) is 16.1 Å². The molecule has 2 amide bonds. The first kappa shape index (κ1) is 21.4. The Labute approximate surface area is 180 Å². The number of rotatable bonds is 6. The van der Waals surface area contributed by atoms with Crippen molar-refractivity contribution in [3.63, 3.8) is 0 Å². The van der Waals surface area contributed by atoms with Crippen LogP contribution in [0.2, 0.25) is 5.02 Å². The number of amides is 2. The molecule has 30 heavy (non-hydrogen) atoms. The van der Waals surface area contributed by atoms with Crippen molar-refractivity contribution in [3.05, 3.63) is 29.3 Å². The molecular weight excluding hydrogens is 410 g/mol. The van der Waals surface area contributed by atoms with E-state index in [4.69, 9.17) is 21.2 Å². The lowest BCUT2D eigenvalue weighted by Crippen LogP contribution is -2.70. The summed E-state index contributed by atoms with van der Waals surface area (Å²) in [5.74, 6) is 0.134. The third-order valence-corrected chi connectivity index (χ3v) is 6.81. The van der Waals surface area contributed by atoms with Crippen LogP contribution in [0.3, 0.4) is 0 Å². The van der Waals surface area contributed by atoms with E-state index in [1.54, 1.807) is 24.3 Å². The molecule has 3 aliphatic carbocycles. The fraction of sp³-hybridized carbons (Fsp3) is 0.619. The van der Waals surface area contributed by atoms with E-state index in [1.807, 2.05) is 6.92 Å². The molecule has 0 aromatic heterocycles. The van der Waals surface area contributed by atoms with Crippen LogP contribution in [0.4, 0.5) is 0 Å². The standard InChI is InChI=1S/C21H28ClN3O5/c1-13-10-16(30-25-13)19(28)24-20-6-8-21(9-7-20,17(26)11-20)23-18(27)12-29-15-4-2-14(22)3-5-15/h2-5,13,16-17,25-26H,6-12H2,1H3,(H,23,27)(H,24,28)/t13?,16?,17-,20?,21?/m0/s1. The summed E-state index contributed by atoms with van der Waals surface area (Å²) in [6.07, 6.45) is 2.38. The molecule has 1 aliphatic heterocycles. The number of halogens is 1. The number of carbonyl (C=O) groups excluding carboxylic acids is 2. The number of aliphatic hydroxyl groups excluding tert-OH is 1. The minimum absolute atomic E-state index is 0.137. The van der Waals surface area contributed by atoms with E-state index in [1.165, 1.54) is 0 Å². The van der Waals surface area contributed by atoms with E-state index in [0.717, 1.165) is 0 Å². The highest BCUT2D eigenvalue weighted by atomic mass is 35.5. The molecule has 3 atom stereocenters. The van der Waals surface area contributed by atoms with Gasteiger partial charge in [0, 0.05) is 23.0 Å². The number of nitrogens with one attached hydrogen (secondary N) is 3. The van der Waals surface area contributed by atoms with Gasteiger partial charge in [-0.1, -0.05) is 11.6 Å². The van der Waals surface area contributed by atoms with Crippen molar-refractivity contribution in [2.75, 3.05) is 6.61 Å². The van der Waals surface area contributed by atoms with Crippen LogP contribution in [0.1, 0.15) is 45.4 Å². The monoisotopic (exact) mass is 437 g/mol. The van der Waals surface area contributed by atoms with Crippen LogP contribution in [-0.4, -0.2) is 52.9 Å². The molecule has 9 heteroatoms. The maximum Gasteiger partial charge on any atom is 0.258 e. The summed E-state index contributed by atoms with van der Waals surface area (Å²) >= 11 is 5.85. The molecule has 1 aromatic carbocycles. The lowest BCUT2D eigenvalue weighted by atomic mass is 9.60. The van der Waals surface area contributed by atoms with Gasteiger partial charge in [-0.05, 0) is 63.3 Å². The second-order valence-corrected chi connectivity index (χ2v) is 9.23. The third-order valence-electron chi connectivity index (χ3n) is 6.55. The van der Waals surface area contributed by atoms with Gasteiger partial charge in [-0.15, -0.1) is 0 Å². The third kappa shape index (κ3) is 4.42. The highest BCUT2D eigenvalue weighted by Gasteiger charge is 2.55. The molecule has 8 nitrogen and oxygen atoms in total. The van der Waals surface area contributed by atoms with Crippen LogP contribution in [0.15, 0.2) is 24.3 Å². The van der Waals surface area contributed by atoms with Gasteiger partial charge in [-0.25, -0.2) is 0 Å². The first-order chi connectivity index (χ1) is 14.3. The number of benzene rings is 1. The summed E-state index contributed by atoms with van der Waals surface area (Å²) in [5.41, 5.74) is 1.69. The Morgan fingerprint density at radius 2 is 1.93 bits per heavy atom. The quantitative estimate of drug-likeness (QED) is 0.536. The largest absolute Gasteiger partial charge is 0.484 e. The SMILES string of the molecule is CC1CC(C(=O)NC23CCC(NC(=O)COc4ccc(Cl)cc4)(CC2)[C@@H](O)C3)ON1. The molecule has 1 heterocycles. The molecule has 164 valence electrons. The Morgan fingerprint density at radius 3 is 2.53 bits per heavy atom. The molecule has 1 saturated heterocycles. The molecule has 5 rings (SSSR count). The smallest absolute Gasteiger partial charge is 0.258 e. The summed E-state index contributed by atoms with van der Waals surface area (Å²) in [6, 6.07) is 6.93. The molecule has 4 fully saturated rings. The Balaban J connectivity index is 1.31. The van der Waals surface area contributed by atoms with E-state index >= 15 is 0 Å². The highest BCUT2D eigenvalue weighted by Crippen LogP contribution is 2.47. The van der Waals surface area contributed by atoms with Crippen LogP contribution in [0.25, 0.3) is 0 Å². The van der Waals surface area contributed by atoms with Gasteiger partial charge in [0.05, 0.1) is 11.6 Å². The van der Waals surface area contributed by atoms with Crippen molar-refractivity contribution in [1.29, 1.82) is 0 Å². The van der Waals surface area contributed by atoms with Crippen LogP contribution in [0.5, 0.6) is 5.75 Å². The van der Waals surface area contributed by atoms with Crippen molar-refractivity contribution in [2.24, 2.45) is 0 Å². The lowest BCUT2D eigenvalue weighted by Gasteiger charge is -2.56. The summed E-state index contributed by atoms with van der Waals surface area (Å²) < 4.78 is 5.51. The molecular formula is C21H28ClN3O5. The van der Waals surface area contributed by atoms with Crippen LogP contribution in [0, 0.1) is 0 Å². The molecule has 4 N–H and O–H groups in total. The van der Waals surface area contributed by atoms with E-state index < -0.39 is 23.3 Å². The molecule has 0 radical (unpaired) electrons. The summed E-state index contributed by atoms with van der Waals surface area (Å²) in [5, 5.41) is 17.5. The van der Waals surface area contributed by atoms with Crippen molar-refractivity contribution < 1.29 is 24.3 Å². The summed E-state index contributed by atoms with van der Waals surface area (Å²) in [4.78, 5) is 30.4. The van der Waals surface area contributed by atoms with Gasteiger partial charge in [0.15, 0.2) is 12.7 Å². The summed E-state index contributed by atoms with van der Waals surface area (Å²) in [6.45, 7) is 1.83. The average Bonchev–Trinajstić information content (AvgIpc) is 3.15. The number of hydroxylamine groups is 1. The zero-order valence-corrected chi connectivity index (χ0v) is 17.7. The van der Waals surface area contributed by atoms with E-state index in [9.17, 15) is 14.7 Å². The predicted molar refractivity (Wildman–Crippen MR) is 110 cm³/mol. The minimum atomic E-state index is -0.735. The van der Waals surface area contributed by atoms with Crippen LogP contribution < -0.4 is 20.9 Å². The Hall–Kier alpha value is -1.87. The second-order valence-electron chi connectivity index (χ2n) is 8.80. The van der Waals surface area contributed by atoms with Gasteiger partial charge in [0.25, 0.3) is 11.8 Å². The van der Waals surface area contributed by atoms with Gasteiger partial charge in [-0.3, -0.25) is 14.4 Å². The predicted octanol–water partition coefficient (Wildman–Crippen LogP) is 1.45. The number of ether oxygens (including phenoxy) is 1. The van der Waals surface area contributed by atoms with Gasteiger partial charge < -0.3 is 20.5 Å². The molecule has 2 bridgehead atoms. The van der Waals surface area contributed by atoms with Gasteiger partial charge in [-0.2, -0.15) is 5.48 Å². The van der Waals surface area contributed by atoms with Crippen molar-refractivity contribution >= 4 is 23.4 Å². The normalized spacial score (nSPS) is 35.1. The van der Waals surface area contributed by atoms with E-state index in [-0.39, 0.29) is 24.5 Å². The number of aliphatic hydroxyl groups is 1. The van der Waals surface area contributed by atoms with Crippen LogP contribution >= 0.6 is 11.6 Å². The van der Waals surface area contributed by atoms with Gasteiger partial charge in [0.2, 0.25) is 0 Å². The maximum atomic E-state index is 12.6. The van der Waals surface area contributed by atoms with Gasteiger partial charge in [0.1, 0.15) is 5.75 Å². The fourth-order valence-electron chi connectivity index (χ4n) is 4.77. The highest BCUT2D eigenvalue weighted by molar-refractivity contribution is 6.30. The van der Waals surface area contributed by atoms with Crippen molar-refractivity contribution in [3.8, 4) is 5.75 Å². The Bertz CT molecular complexity index is 794. The lowest BCUT2D eigenvalue weighted by molar-refractivity contribution is -0.142. The van der Waals surface area contributed by atoms with Crippen molar-refractivity contribution in [2.45, 2.75) is 74.8 Å². The first-order valence-electron chi connectivity index (χ1n) is 10.4. The molecule has 4 aliphatic rings. The minimum Gasteiger partial charge on any atom is -0.484 e. The number of hydrogen-bond acceptors (Lipinski definition) is 6. The zero-order valence-electron chi connectivity index (χ0n) is 16.9. The number of carbonyl (C=O) groups is 2. The zero-order chi connectivity index (χ0) is 21.4. The molecule has 2 unspecified atom stereocenters. The molecule has 3 saturated carbocycles.